The number of carbonyl (C=O) groups excluding carboxylic acids is 1. The molecule has 0 bridgehead atoms. The number of hydrogen-bond acceptors (Lipinski definition) is 6. The Morgan fingerprint density at radius 2 is 1.79 bits per heavy atom. The topological polar surface area (TPSA) is 117 Å². The highest BCUT2D eigenvalue weighted by Gasteiger charge is 2.18. The van der Waals surface area contributed by atoms with E-state index in [1.807, 2.05) is 24.3 Å². The van der Waals surface area contributed by atoms with Crippen LogP contribution in [0.5, 0.6) is 0 Å². The SMILES string of the molecule is Cc1nnnn1-c1ccc(Nc2cn(-c3c(Cl)cccc3Cl)nc2C(N)=O)cc1. The van der Waals surface area contributed by atoms with Crippen LogP contribution >= 0.6 is 23.2 Å². The minimum atomic E-state index is -0.685. The number of amides is 1. The van der Waals surface area contributed by atoms with E-state index in [1.165, 1.54) is 4.68 Å². The predicted octanol–water partition coefficient (Wildman–Crippen LogP) is 3.31. The van der Waals surface area contributed by atoms with Crippen LogP contribution in [0.15, 0.2) is 48.7 Å². The van der Waals surface area contributed by atoms with E-state index < -0.39 is 5.91 Å². The van der Waals surface area contributed by atoms with E-state index in [0.717, 1.165) is 5.69 Å². The monoisotopic (exact) mass is 428 g/mol. The maximum absolute atomic E-state index is 11.9. The molecule has 0 saturated heterocycles. The Morgan fingerprint density at radius 1 is 1.10 bits per heavy atom. The molecule has 0 aliphatic heterocycles. The first-order valence-electron chi connectivity index (χ1n) is 8.40. The number of carbonyl (C=O) groups is 1. The highest BCUT2D eigenvalue weighted by atomic mass is 35.5. The number of para-hydroxylation sites is 1. The summed E-state index contributed by atoms with van der Waals surface area (Å²) in [6.07, 6.45) is 1.60. The van der Waals surface area contributed by atoms with Crippen LogP contribution < -0.4 is 11.1 Å². The molecule has 3 N–H and O–H groups in total. The average Bonchev–Trinajstić information content (AvgIpc) is 3.29. The van der Waals surface area contributed by atoms with Crippen molar-refractivity contribution < 1.29 is 4.79 Å². The van der Waals surface area contributed by atoms with Crippen LogP contribution in [0.1, 0.15) is 16.3 Å². The fourth-order valence-electron chi connectivity index (χ4n) is 2.78. The van der Waals surface area contributed by atoms with E-state index in [0.29, 0.717) is 32.9 Å². The molecular formula is C18H14Cl2N8O. The Bertz CT molecular complexity index is 1180. The van der Waals surface area contributed by atoms with Gasteiger partial charge in [-0.25, -0.2) is 4.68 Å². The number of benzene rings is 2. The minimum absolute atomic E-state index is 0.0568. The fraction of sp³-hybridized carbons (Fsp3) is 0.0556. The third-order valence-corrected chi connectivity index (χ3v) is 4.74. The summed E-state index contributed by atoms with van der Waals surface area (Å²) in [7, 11) is 0. The van der Waals surface area contributed by atoms with Crippen LogP contribution in [0.2, 0.25) is 10.0 Å². The van der Waals surface area contributed by atoms with Crippen LogP contribution in [0.4, 0.5) is 11.4 Å². The number of nitrogens with zero attached hydrogens (tertiary/aromatic N) is 6. The highest BCUT2D eigenvalue weighted by Crippen LogP contribution is 2.30. The molecule has 1 amide bonds. The molecule has 0 unspecified atom stereocenters. The zero-order valence-corrected chi connectivity index (χ0v) is 16.6. The highest BCUT2D eigenvalue weighted by molar-refractivity contribution is 6.37. The summed E-state index contributed by atoms with van der Waals surface area (Å²) in [5.41, 5.74) is 7.93. The van der Waals surface area contributed by atoms with Crippen LogP contribution in [-0.2, 0) is 0 Å². The van der Waals surface area contributed by atoms with Crippen molar-refractivity contribution in [2.24, 2.45) is 5.73 Å². The Hall–Kier alpha value is -3.43. The molecule has 0 radical (unpaired) electrons. The number of tetrazole rings is 1. The van der Waals surface area contributed by atoms with Crippen LogP contribution in [0, 0.1) is 6.92 Å². The molecule has 29 heavy (non-hydrogen) atoms. The molecule has 0 atom stereocenters. The van der Waals surface area contributed by atoms with E-state index in [4.69, 9.17) is 28.9 Å². The minimum Gasteiger partial charge on any atom is -0.364 e. The Kier molecular flexibility index (Phi) is 4.91. The van der Waals surface area contributed by atoms with Gasteiger partial charge in [0.15, 0.2) is 11.5 Å². The first kappa shape index (κ1) is 18.9. The fourth-order valence-corrected chi connectivity index (χ4v) is 3.35. The summed E-state index contributed by atoms with van der Waals surface area (Å²) < 4.78 is 3.03. The number of anilines is 2. The van der Waals surface area contributed by atoms with Crippen LogP contribution in [0.3, 0.4) is 0 Å². The number of nitrogens with one attached hydrogen (secondary N) is 1. The molecule has 2 aromatic heterocycles. The molecule has 4 rings (SSSR count). The summed E-state index contributed by atoms with van der Waals surface area (Å²) >= 11 is 12.5. The lowest BCUT2D eigenvalue weighted by Crippen LogP contribution is -2.14. The zero-order valence-electron chi connectivity index (χ0n) is 15.0. The summed E-state index contributed by atoms with van der Waals surface area (Å²) in [6, 6.07) is 12.4. The molecule has 11 heteroatoms. The van der Waals surface area contributed by atoms with E-state index in [2.05, 4.69) is 25.9 Å². The summed E-state index contributed by atoms with van der Waals surface area (Å²) in [6.45, 7) is 1.81. The predicted molar refractivity (Wildman–Crippen MR) is 109 cm³/mol. The average molecular weight is 429 g/mol. The van der Waals surface area contributed by atoms with E-state index in [9.17, 15) is 4.79 Å². The number of rotatable bonds is 5. The number of halogens is 2. The largest absolute Gasteiger partial charge is 0.364 e. The van der Waals surface area contributed by atoms with Gasteiger partial charge in [-0.3, -0.25) is 4.79 Å². The van der Waals surface area contributed by atoms with Gasteiger partial charge in [0.25, 0.3) is 5.91 Å². The zero-order chi connectivity index (χ0) is 20.5. The van der Waals surface area contributed by atoms with Gasteiger partial charge in [0.2, 0.25) is 0 Å². The first-order chi connectivity index (χ1) is 13.9. The smallest absolute Gasteiger partial charge is 0.271 e. The van der Waals surface area contributed by atoms with Crippen molar-refractivity contribution in [1.82, 2.24) is 30.0 Å². The second kappa shape index (κ2) is 7.53. The molecule has 4 aromatic rings. The Morgan fingerprint density at radius 3 is 2.38 bits per heavy atom. The van der Waals surface area contributed by atoms with Crippen molar-refractivity contribution in [3.8, 4) is 11.4 Å². The van der Waals surface area contributed by atoms with E-state index >= 15 is 0 Å². The lowest BCUT2D eigenvalue weighted by atomic mass is 10.2. The Balaban J connectivity index is 1.67. The lowest BCUT2D eigenvalue weighted by molar-refractivity contribution is 0.0996. The molecule has 0 aliphatic rings. The Labute approximate surface area is 175 Å². The van der Waals surface area contributed by atoms with Crippen LogP contribution in [-0.4, -0.2) is 35.9 Å². The molecule has 0 fully saturated rings. The molecule has 0 spiro atoms. The number of aromatic nitrogens is 6. The van der Waals surface area contributed by atoms with Crippen molar-refractivity contribution in [2.75, 3.05) is 5.32 Å². The van der Waals surface area contributed by atoms with Crippen LogP contribution in [0.25, 0.3) is 11.4 Å². The lowest BCUT2D eigenvalue weighted by Gasteiger charge is -2.07. The molecule has 146 valence electrons. The third-order valence-electron chi connectivity index (χ3n) is 4.13. The summed E-state index contributed by atoms with van der Waals surface area (Å²) in [5, 5.41) is 19.6. The van der Waals surface area contributed by atoms with Gasteiger partial charge in [-0.15, -0.1) is 5.10 Å². The standard InChI is InChI=1S/C18H14Cl2N8O/c1-10-23-25-26-28(10)12-7-5-11(6-8-12)22-15-9-27(24-16(15)18(21)29)17-13(19)3-2-4-14(17)20/h2-9,22H,1H3,(H2,21,29). The van der Waals surface area contributed by atoms with Gasteiger partial charge in [0, 0.05) is 5.69 Å². The number of aryl methyl sites for hydroxylation is 1. The number of hydrogen-bond donors (Lipinski definition) is 2. The van der Waals surface area contributed by atoms with E-state index in [-0.39, 0.29) is 5.69 Å². The molecular weight excluding hydrogens is 415 g/mol. The van der Waals surface area contributed by atoms with Crippen molar-refractivity contribution >= 4 is 40.5 Å². The van der Waals surface area contributed by atoms with Gasteiger partial charge in [-0.05, 0) is 53.7 Å². The van der Waals surface area contributed by atoms with Gasteiger partial charge in [0.05, 0.1) is 27.6 Å². The van der Waals surface area contributed by atoms with Gasteiger partial charge in [-0.1, -0.05) is 29.3 Å². The third kappa shape index (κ3) is 3.65. The summed E-state index contributed by atoms with van der Waals surface area (Å²) in [4.78, 5) is 11.9. The van der Waals surface area contributed by atoms with Gasteiger partial charge in [-0.2, -0.15) is 9.78 Å². The maximum Gasteiger partial charge on any atom is 0.271 e. The molecule has 2 aromatic carbocycles. The molecule has 0 aliphatic carbocycles. The first-order valence-corrected chi connectivity index (χ1v) is 9.16. The molecule has 2 heterocycles. The quantitative estimate of drug-likeness (QED) is 0.503. The van der Waals surface area contributed by atoms with Crippen molar-refractivity contribution in [3.63, 3.8) is 0 Å². The number of nitrogens with two attached hydrogens (primary N) is 1. The van der Waals surface area contributed by atoms with Gasteiger partial charge >= 0.3 is 0 Å². The van der Waals surface area contributed by atoms with Gasteiger partial charge < -0.3 is 11.1 Å². The summed E-state index contributed by atoms with van der Waals surface area (Å²) in [5.74, 6) is -0.0185. The van der Waals surface area contributed by atoms with Crippen molar-refractivity contribution in [3.05, 3.63) is 70.2 Å². The number of primary amides is 1. The van der Waals surface area contributed by atoms with Crippen molar-refractivity contribution in [2.45, 2.75) is 6.92 Å². The second-order valence-electron chi connectivity index (χ2n) is 6.08. The molecule has 0 saturated carbocycles. The van der Waals surface area contributed by atoms with Crippen molar-refractivity contribution in [1.29, 1.82) is 0 Å². The normalized spacial score (nSPS) is 10.9. The second-order valence-corrected chi connectivity index (χ2v) is 6.89. The maximum atomic E-state index is 11.9. The van der Waals surface area contributed by atoms with E-state index in [1.54, 1.807) is 36.0 Å². The van der Waals surface area contributed by atoms with Gasteiger partial charge in [0.1, 0.15) is 5.69 Å². The molecule has 9 nitrogen and oxygen atoms in total.